The van der Waals surface area contributed by atoms with Gasteiger partial charge >= 0.3 is 0 Å². The lowest BCUT2D eigenvalue weighted by Gasteiger charge is -2.48. The molecule has 0 spiro atoms. The predicted molar refractivity (Wildman–Crippen MR) is 134 cm³/mol. The molecule has 0 N–H and O–H groups in total. The van der Waals surface area contributed by atoms with Gasteiger partial charge in [-0.05, 0) is 42.3 Å². The SMILES string of the molecule is CC(C)C(C)(C)B(C[C@@H](C)C[C@@H](C)CO[Si](C)(C)C(C)(C)C)C(C)(C)C(C)C. The van der Waals surface area contributed by atoms with Crippen LogP contribution < -0.4 is 0 Å². The molecule has 1 nitrogen and oxygen atoms in total. The summed E-state index contributed by atoms with van der Waals surface area (Å²) in [4.78, 5) is 0. The first-order valence-electron chi connectivity index (χ1n) is 11.9. The lowest BCUT2D eigenvalue weighted by atomic mass is 9.18. The van der Waals surface area contributed by atoms with Crippen molar-refractivity contribution in [2.24, 2.45) is 23.7 Å². The van der Waals surface area contributed by atoms with Crippen LogP contribution in [-0.4, -0.2) is 21.6 Å². The highest BCUT2D eigenvalue weighted by Crippen LogP contribution is 2.53. The third-order valence-corrected chi connectivity index (χ3v) is 13.3. The van der Waals surface area contributed by atoms with Crippen LogP contribution in [0.5, 0.6) is 0 Å². The normalized spacial score (nSPS) is 16.6. The predicted octanol–water partition coefficient (Wildman–Crippen LogP) is 9.04. The molecule has 0 aromatic heterocycles. The van der Waals surface area contributed by atoms with Crippen molar-refractivity contribution in [2.75, 3.05) is 6.61 Å². The maximum atomic E-state index is 6.51. The number of rotatable bonds is 11. The summed E-state index contributed by atoms with van der Waals surface area (Å²) in [6.45, 7) is 37.9. The Balaban J connectivity index is 5.13. The molecule has 0 aromatic carbocycles. The van der Waals surface area contributed by atoms with E-state index < -0.39 is 8.32 Å². The van der Waals surface area contributed by atoms with E-state index in [9.17, 15) is 0 Å². The fourth-order valence-corrected chi connectivity index (χ4v) is 5.33. The van der Waals surface area contributed by atoms with Crippen molar-refractivity contribution >= 4 is 15.0 Å². The fraction of sp³-hybridized carbons (Fsp3) is 1.00. The second kappa shape index (κ2) is 10.0. The van der Waals surface area contributed by atoms with Crippen LogP contribution in [0.3, 0.4) is 0 Å². The lowest BCUT2D eigenvalue weighted by Crippen LogP contribution is -2.44. The van der Waals surface area contributed by atoms with Gasteiger partial charge in [0.1, 0.15) is 0 Å². The summed E-state index contributed by atoms with van der Waals surface area (Å²) in [6.07, 6.45) is 2.59. The summed E-state index contributed by atoms with van der Waals surface area (Å²) < 4.78 is 6.51. The lowest BCUT2D eigenvalue weighted by molar-refractivity contribution is 0.219. The third kappa shape index (κ3) is 7.49. The molecule has 0 aromatic rings. The Morgan fingerprint density at radius 3 is 1.43 bits per heavy atom. The minimum atomic E-state index is -1.64. The van der Waals surface area contributed by atoms with E-state index in [0.29, 0.717) is 33.4 Å². The molecule has 0 saturated heterocycles. The van der Waals surface area contributed by atoms with Gasteiger partial charge in [-0.2, -0.15) is 0 Å². The first-order valence-corrected chi connectivity index (χ1v) is 14.8. The average molecular weight is 411 g/mol. The van der Waals surface area contributed by atoms with Crippen molar-refractivity contribution in [3.05, 3.63) is 0 Å². The van der Waals surface area contributed by atoms with Crippen molar-refractivity contribution in [1.82, 2.24) is 0 Å². The molecule has 0 aliphatic heterocycles. The van der Waals surface area contributed by atoms with Crippen LogP contribution in [0.4, 0.5) is 0 Å². The zero-order chi connectivity index (χ0) is 22.7. The maximum Gasteiger partial charge on any atom is 0.191 e. The van der Waals surface area contributed by atoms with E-state index >= 15 is 0 Å². The highest BCUT2D eigenvalue weighted by atomic mass is 28.4. The van der Waals surface area contributed by atoms with Gasteiger partial charge in [0, 0.05) is 6.61 Å². The quantitative estimate of drug-likeness (QED) is 0.309. The van der Waals surface area contributed by atoms with Crippen LogP contribution in [0.2, 0.25) is 35.1 Å². The van der Waals surface area contributed by atoms with E-state index in [0.717, 1.165) is 19.2 Å². The van der Waals surface area contributed by atoms with E-state index in [4.69, 9.17) is 4.43 Å². The molecule has 0 saturated carbocycles. The van der Waals surface area contributed by atoms with E-state index in [2.05, 4.69) is 103 Å². The summed E-state index contributed by atoms with van der Waals surface area (Å²) in [5.74, 6) is 2.76. The molecule has 0 bridgehead atoms. The van der Waals surface area contributed by atoms with Gasteiger partial charge in [-0.3, -0.25) is 0 Å². The van der Waals surface area contributed by atoms with Crippen LogP contribution in [-0.2, 0) is 4.43 Å². The monoisotopic (exact) mass is 410 g/mol. The summed E-state index contributed by atoms with van der Waals surface area (Å²) in [6, 6.07) is 0. The molecule has 2 atom stereocenters. The third-order valence-electron chi connectivity index (χ3n) is 8.75. The van der Waals surface area contributed by atoms with Crippen LogP contribution >= 0.6 is 0 Å². The van der Waals surface area contributed by atoms with Gasteiger partial charge < -0.3 is 4.43 Å². The molecule has 0 rings (SSSR count). The number of hydrogen-bond donors (Lipinski definition) is 0. The summed E-state index contributed by atoms with van der Waals surface area (Å²) in [5.41, 5.74) is 0. The van der Waals surface area contributed by atoms with E-state index in [1.54, 1.807) is 0 Å². The van der Waals surface area contributed by atoms with E-state index in [-0.39, 0.29) is 0 Å². The molecule has 0 radical (unpaired) electrons. The van der Waals surface area contributed by atoms with Gasteiger partial charge in [0.25, 0.3) is 0 Å². The van der Waals surface area contributed by atoms with Gasteiger partial charge in [0.05, 0.1) is 0 Å². The Kier molecular flexibility index (Phi) is 10.1. The van der Waals surface area contributed by atoms with Crippen molar-refractivity contribution in [1.29, 1.82) is 0 Å². The molecule has 0 unspecified atom stereocenters. The molecule has 0 amide bonds. The average Bonchev–Trinajstić information content (AvgIpc) is 2.48. The minimum Gasteiger partial charge on any atom is -0.417 e. The Labute approximate surface area is 181 Å². The standard InChI is InChI=1S/C25H55BOSi/c1-19(2)24(10,11)26(25(12,13)20(3)4)17-21(5)16-22(6)18-27-28(14,15)23(7,8)9/h19-22H,16-18H2,1-15H3/t21-,22+/m0/s1. The zero-order valence-electron chi connectivity index (χ0n) is 22.4. The van der Waals surface area contributed by atoms with Crippen LogP contribution in [0.1, 0.15) is 96.4 Å². The fourth-order valence-electron chi connectivity index (χ4n) is 4.19. The molecule has 0 heterocycles. The van der Waals surface area contributed by atoms with Crippen molar-refractivity contribution in [3.63, 3.8) is 0 Å². The van der Waals surface area contributed by atoms with E-state index in [1.165, 1.54) is 12.7 Å². The Morgan fingerprint density at radius 1 is 0.714 bits per heavy atom. The smallest absolute Gasteiger partial charge is 0.191 e. The van der Waals surface area contributed by atoms with Gasteiger partial charge in [-0.25, -0.2) is 0 Å². The van der Waals surface area contributed by atoms with Crippen LogP contribution in [0.15, 0.2) is 0 Å². The van der Waals surface area contributed by atoms with E-state index in [1.807, 2.05) is 0 Å². The Bertz CT molecular complexity index is 440. The first kappa shape index (κ1) is 28.2. The van der Waals surface area contributed by atoms with Crippen LogP contribution in [0.25, 0.3) is 0 Å². The molecule has 28 heavy (non-hydrogen) atoms. The second-order valence-electron chi connectivity index (χ2n) is 13.3. The maximum absolute atomic E-state index is 6.51. The summed E-state index contributed by atoms with van der Waals surface area (Å²) in [5, 5.41) is 0.998. The zero-order valence-corrected chi connectivity index (χ0v) is 23.4. The molecule has 168 valence electrons. The van der Waals surface area contributed by atoms with Crippen molar-refractivity contribution in [3.8, 4) is 0 Å². The largest absolute Gasteiger partial charge is 0.417 e. The topological polar surface area (TPSA) is 9.23 Å². The van der Waals surface area contributed by atoms with Crippen molar-refractivity contribution < 1.29 is 4.43 Å². The molecule has 0 aliphatic rings. The summed E-state index contributed by atoms with van der Waals surface area (Å²) >= 11 is 0. The molecular formula is C25H55BOSi. The van der Waals surface area contributed by atoms with Gasteiger partial charge in [-0.15, -0.1) is 0 Å². The Hall–Kier alpha value is 0.242. The molecule has 3 heteroatoms. The first-order chi connectivity index (χ1) is 12.3. The van der Waals surface area contributed by atoms with Crippen molar-refractivity contribution in [2.45, 2.75) is 132 Å². The second-order valence-corrected chi connectivity index (χ2v) is 18.1. The molecule has 0 fully saturated rings. The van der Waals surface area contributed by atoms with Crippen LogP contribution in [0, 0.1) is 23.7 Å². The number of hydrogen-bond acceptors (Lipinski definition) is 1. The molecular weight excluding hydrogens is 355 g/mol. The molecule has 0 aliphatic carbocycles. The van der Waals surface area contributed by atoms with Gasteiger partial charge in [-0.1, -0.05) is 113 Å². The highest BCUT2D eigenvalue weighted by Gasteiger charge is 2.47. The minimum absolute atomic E-state index is 0.298. The summed E-state index contributed by atoms with van der Waals surface area (Å²) in [7, 11) is -1.64. The Morgan fingerprint density at radius 2 is 1.11 bits per heavy atom. The highest BCUT2D eigenvalue weighted by molar-refractivity contribution is 6.74. The van der Waals surface area contributed by atoms with Gasteiger partial charge in [0.2, 0.25) is 0 Å². The van der Waals surface area contributed by atoms with Gasteiger partial charge in [0.15, 0.2) is 15.0 Å².